The Balaban J connectivity index is 2.19. The van der Waals surface area contributed by atoms with Crippen LogP contribution < -0.4 is 5.32 Å². The van der Waals surface area contributed by atoms with Crippen LogP contribution in [0.15, 0.2) is 34.8 Å². The van der Waals surface area contributed by atoms with Gasteiger partial charge in [0.05, 0.1) is 12.7 Å². The topological polar surface area (TPSA) is 55.4 Å². The van der Waals surface area contributed by atoms with Gasteiger partial charge in [-0.1, -0.05) is 35.0 Å². The van der Waals surface area contributed by atoms with Crippen molar-refractivity contribution in [2.24, 2.45) is 0 Å². The van der Waals surface area contributed by atoms with E-state index in [2.05, 4.69) is 21.2 Å². The van der Waals surface area contributed by atoms with Crippen molar-refractivity contribution in [1.82, 2.24) is 0 Å². The molecule has 0 bridgehead atoms. The number of hydrogen-bond acceptors (Lipinski definition) is 4. The number of halogens is 1. The van der Waals surface area contributed by atoms with E-state index in [4.69, 9.17) is 4.74 Å². The molecule has 1 heterocycles. The Hall–Kier alpha value is -1.92. The minimum atomic E-state index is -0.427. The Morgan fingerprint density at radius 1 is 1.29 bits per heavy atom. The van der Waals surface area contributed by atoms with Gasteiger partial charge < -0.3 is 10.1 Å². The average Bonchev–Trinajstić information content (AvgIpc) is 2.88. The van der Waals surface area contributed by atoms with Crippen LogP contribution in [0.1, 0.15) is 33.3 Å². The van der Waals surface area contributed by atoms with Crippen molar-refractivity contribution in [2.45, 2.75) is 20.3 Å². The summed E-state index contributed by atoms with van der Waals surface area (Å²) >= 11 is 4.76. The van der Waals surface area contributed by atoms with Crippen LogP contribution in [0.4, 0.5) is 5.00 Å². The number of anilines is 1. The third-order valence-corrected chi connectivity index (χ3v) is 5.08. The van der Waals surface area contributed by atoms with Crippen LogP contribution in [-0.2, 0) is 16.0 Å². The highest BCUT2D eigenvalue weighted by molar-refractivity contribution is 9.10. The van der Waals surface area contributed by atoms with Crippen LogP contribution in [0.3, 0.4) is 0 Å². The highest BCUT2D eigenvalue weighted by atomic mass is 79.9. The SMILES string of the molecule is CCc1c(C)sc(NC(=O)/C=C/c2ccc(Br)cc2)c1C(=O)OC. The van der Waals surface area contributed by atoms with Gasteiger partial charge in [-0.2, -0.15) is 0 Å². The van der Waals surface area contributed by atoms with E-state index in [9.17, 15) is 9.59 Å². The van der Waals surface area contributed by atoms with Crippen molar-refractivity contribution in [2.75, 3.05) is 12.4 Å². The van der Waals surface area contributed by atoms with Gasteiger partial charge in [0.1, 0.15) is 5.00 Å². The maximum atomic E-state index is 12.2. The fourth-order valence-electron chi connectivity index (χ4n) is 2.31. The van der Waals surface area contributed by atoms with Crippen molar-refractivity contribution < 1.29 is 14.3 Å². The summed E-state index contributed by atoms with van der Waals surface area (Å²) in [7, 11) is 1.34. The Labute approximate surface area is 153 Å². The Morgan fingerprint density at radius 3 is 2.54 bits per heavy atom. The van der Waals surface area contributed by atoms with Crippen LogP contribution >= 0.6 is 27.3 Å². The lowest BCUT2D eigenvalue weighted by Gasteiger charge is -2.05. The zero-order valence-electron chi connectivity index (χ0n) is 13.7. The molecule has 6 heteroatoms. The highest BCUT2D eigenvalue weighted by Crippen LogP contribution is 2.34. The van der Waals surface area contributed by atoms with Crippen molar-refractivity contribution in [3.63, 3.8) is 0 Å². The fourth-order valence-corrected chi connectivity index (χ4v) is 3.71. The van der Waals surface area contributed by atoms with Gasteiger partial charge in [0.15, 0.2) is 0 Å². The molecule has 1 N–H and O–H groups in total. The molecule has 2 rings (SSSR count). The molecule has 0 unspecified atom stereocenters. The molecule has 0 saturated carbocycles. The lowest BCUT2D eigenvalue weighted by atomic mass is 10.1. The summed E-state index contributed by atoms with van der Waals surface area (Å²) in [6.45, 7) is 3.91. The van der Waals surface area contributed by atoms with Gasteiger partial charge >= 0.3 is 5.97 Å². The number of thiophene rings is 1. The standard InChI is InChI=1S/C18H18BrNO3S/c1-4-14-11(2)24-17(16(14)18(22)23-3)20-15(21)10-7-12-5-8-13(19)9-6-12/h5-10H,4H2,1-3H3,(H,20,21)/b10-7+. The van der Waals surface area contributed by atoms with Crippen molar-refractivity contribution in [3.05, 3.63) is 56.4 Å². The van der Waals surface area contributed by atoms with Crippen LogP contribution in [0, 0.1) is 6.92 Å². The summed E-state index contributed by atoms with van der Waals surface area (Å²) in [5.41, 5.74) is 2.28. The highest BCUT2D eigenvalue weighted by Gasteiger charge is 2.22. The van der Waals surface area contributed by atoms with E-state index in [1.54, 1.807) is 6.08 Å². The van der Waals surface area contributed by atoms with Crippen LogP contribution in [0.2, 0.25) is 0 Å². The molecule has 4 nitrogen and oxygen atoms in total. The second kappa shape index (κ2) is 8.26. The van der Waals surface area contributed by atoms with E-state index in [0.29, 0.717) is 17.0 Å². The molecule has 1 aromatic heterocycles. The molecular weight excluding hydrogens is 390 g/mol. The zero-order valence-corrected chi connectivity index (χ0v) is 16.1. The van der Waals surface area contributed by atoms with Gasteiger partial charge in [0.2, 0.25) is 5.91 Å². The molecular formula is C18H18BrNO3S. The van der Waals surface area contributed by atoms with Crippen LogP contribution in [-0.4, -0.2) is 19.0 Å². The predicted octanol–water partition coefficient (Wildman–Crippen LogP) is 4.82. The number of ether oxygens (including phenoxy) is 1. The number of esters is 1. The fraction of sp³-hybridized carbons (Fsp3) is 0.222. The second-order valence-corrected chi connectivity index (χ2v) is 7.20. The van der Waals surface area contributed by atoms with E-state index < -0.39 is 5.97 Å². The van der Waals surface area contributed by atoms with Crippen molar-refractivity contribution in [3.8, 4) is 0 Å². The molecule has 126 valence electrons. The number of amides is 1. The molecule has 0 radical (unpaired) electrons. The Morgan fingerprint density at radius 2 is 1.96 bits per heavy atom. The maximum absolute atomic E-state index is 12.2. The first-order valence-electron chi connectivity index (χ1n) is 7.41. The molecule has 0 saturated heterocycles. The number of hydrogen-bond donors (Lipinski definition) is 1. The molecule has 2 aromatic rings. The molecule has 0 aliphatic carbocycles. The number of nitrogens with one attached hydrogen (secondary N) is 1. The lowest BCUT2D eigenvalue weighted by Crippen LogP contribution is -2.12. The lowest BCUT2D eigenvalue weighted by molar-refractivity contribution is -0.111. The van der Waals surface area contributed by atoms with E-state index in [1.165, 1.54) is 24.5 Å². The molecule has 0 aliphatic rings. The van der Waals surface area contributed by atoms with E-state index in [1.807, 2.05) is 38.1 Å². The number of carbonyl (C=O) groups excluding carboxylic acids is 2. The maximum Gasteiger partial charge on any atom is 0.341 e. The molecule has 0 atom stereocenters. The monoisotopic (exact) mass is 407 g/mol. The summed E-state index contributed by atoms with van der Waals surface area (Å²) in [4.78, 5) is 25.2. The van der Waals surface area contributed by atoms with Gasteiger partial charge in [-0.15, -0.1) is 11.3 Å². The van der Waals surface area contributed by atoms with E-state index in [-0.39, 0.29) is 5.91 Å². The Bertz CT molecular complexity index is 778. The quantitative estimate of drug-likeness (QED) is 0.570. The second-order valence-electron chi connectivity index (χ2n) is 5.06. The minimum absolute atomic E-state index is 0.285. The number of methoxy groups -OCH3 is 1. The first-order valence-corrected chi connectivity index (χ1v) is 9.02. The van der Waals surface area contributed by atoms with Gasteiger partial charge in [-0.05, 0) is 42.7 Å². The van der Waals surface area contributed by atoms with Gasteiger partial charge in [-0.3, -0.25) is 4.79 Å². The van der Waals surface area contributed by atoms with Crippen LogP contribution in [0.5, 0.6) is 0 Å². The van der Waals surface area contributed by atoms with Crippen molar-refractivity contribution in [1.29, 1.82) is 0 Å². The van der Waals surface area contributed by atoms with Gasteiger partial charge in [0, 0.05) is 15.4 Å². The zero-order chi connectivity index (χ0) is 17.7. The smallest absolute Gasteiger partial charge is 0.341 e. The van der Waals surface area contributed by atoms with Crippen LogP contribution in [0.25, 0.3) is 6.08 Å². The van der Waals surface area contributed by atoms with Gasteiger partial charge in [0.25, 0.3) is 0 Å². The normalized spacial score (nSPS) is 10.8. The Kier molecular flexibility index (Phi) is 6.34. The summed E-state index contributed by atoms with van der Waals surface area (Å²) in [6, 6.07) is 7.61. The molecule has 1 aromatic carbocycles. The largest absolute Gasteiger partial charge is 0.465 e. The average molecular weight is 408 g/mol. The summed E-state index contributed by atoms with van der Waals surface area (Å²) in [5.74, 6) is -0.713. The summed E-state index contributed by atoms with van der Waals surface area (Å²) in [6.07, 6.45) is 3.88. The number of benzene rings is 1. The minimum Gasteiger partial charge on any atom is -0.465 e. The third-order valence-electron chi connectivity index (χ3n) is 3.49. The predicted molar refractivity (Wildman–Crippen MR) is 102 cm³/mol. The first-order chi connectivity index (χ1) is 11.5. The van der Waals surface area contributed by atoms with Gasteiger partial charge in [-0.25, -0.2) is 4.79 Å². The molecule has 0 aliphatic heterocycles. The van der Waals surface area contributed by atoms with Crippen molar-refractivity contribution >= 4 is 50.2 Å². The number of carbonyl (C=O) groups is 2. The number of aryl methyl sites for hydroxylation is 1. The molecule has 0 fully saturated rings. The molecule has 1 amide bonds. The third kappa shape index (κ3) is 4.33. The van der Waals surface area contributed by atoms with E-state index in [0.717, 1.165) is 20.5 Å². The first kappa shape index (κ1) is 18.4. The molecule has 24 heavy (non-hydrogen) atoms. The summed E-state index contributed by atoms with van der Waals surface area (Å²) in [5, 5.41) is 3.31. The number of rotatable bonds is 5. The summed E-state index contributed by atoms with van der Waals surface area (Å²) < 4.78 is 5.83. The molecule has 0 spiro atoms. The van der Waals surface area contributed by atoms with E-state index >= 15 is 0 Å².